The lowest BCUT2D eigenvalue weighted by molar-refractivity contribution is -0.137. The lowest BCUT2D eigenvalue weighted by atomic mass is 10.2. The van der Waals surface area contributed by atoms with E-state index in [0.29, 0.717) is 38.5 Å². The van der Waals surface area contributed by atoms with Crippen LogP contribution in [0.4, 0.5) is 0 Å². The van der Waals surface area contributed by atoms with Crippen molar-refractivity contribution in [3.63, 3.8) is 0 Å². The topological polar surface area (TPSA) is 74.7 Å². The highest BCUT2D eigenvalue weighted by Crippen LogP contribution is 2.14. The Morgan fingerprint density at radius 3 is 2.90 bits per heavy atom. The Bertz CT molecular complexity index is 473. The summed E-state index contributed by atoms with van der Waals surface area (Å²) in [6.07, 6.45) is 0. The number of carbonyl (C=O) groups excluding carboxylic acids is 1. The number of nitrogens with zero attached hydrogens (tertiary/aromatic N) is 2. The number of aromatic hydroxyl groups is 1. The van der Waals surface area contributed by atoms with Gasteiger partial charge in [-0.1, -0.05) is 0 Å². The van der Waals surface area contributed by atoms with Crippen molar-refractivity contribution in [2.75, 3.05) is 26.3 Å². The lowest BCUT2D eigenvalue weighted by Crippen LogP contribution is -2.49. The van der Waals surface area contributed by atoms with Crippen LogP contribution in [-0.2, 0) is 16.1 Å². The van der Waals surface area contributed by atoms with Gasteiger partial charge in [0.1, 0.15) is 5.75 Å². The van der Waals surface area contributed by atoms with E-state index in [1.807, 2.05) is 13.8 Å². The fraction of sp³-hybridized carbons (Fsp3) is 0.571. The van der Waals surface area contributed by atoms with E-state index in [1.165, 1.54) is 0 Å². The van der Waals surface area contributed by atoms with Gasteiger partial charge in [-0.3, -0.25) is 9.78 Å². The van der Waals surface area contributed by atoms with Crippen molar-refractivity contribution in [2.45, 2.75) is 26.4 Å². The van der Waals surface area contributed by atoms with Crippen molar-refractivity contribution in [3.05, 3.63) is 23.5 Å². The van der Waals surface area contributed by atoms with E-state index in [2.05, 4.69) is 10.3 Å². The standard InChI is InChI=1S/C14H21N3O3/c1-10-3-4-13(18)12(16-10)9-15-11(2)14(19)17-5-7-20-8-6-17/h3-4,11,15,18H,5-9H2,1-2H3. The number of pyridine rings is 1. The molecule has 0 bridgehead atoms. The Labute approximate surface area is 118 Å². The molecule has 0 saturated carbocycles. The summed E-state index contributed by atoms with van der Waals surface area (Å²) < 4.78 is 5.23. The Balaban J connectivity index is 1.89. The van der Waals surface area contributed by atoms with Crippen molar-refractivity contribution < 1.29 is 14.6 Å². The van der Waals surface area contributed by atoms with Gasteiger partial charge in [-0.05, 0) is 26.0 Å². The highest BCUT2D eigenvalue weighted by molar-refractivity contribution is 5.81. The molecule has 1 unspecified atom stereocenters. The molecule has 1 atom stereocenters. The maximum atomic E-state index is 12.2. The first kappa shape index (κ1) is 14.7. The zero-order valence-corrected chi connectivity index (χ0v) is 11.9. The number of aryl methyl sites for hydroxylation is 1. The van der Waals surface area contributed by atoms with Crippen molar-refractivity contribution in [2.24, 2.45) is 0 Å². The van der Waals surface area contributed by atoms with Crippen LogP contribution in [0, 0.1) is 6.92 Å². The maximum absolute atomic E-state index is 12.2. The second kappa shape index (κ2) is 6.67. The molecule has 1 aromatic heterocycles. The number of rotatable bonds is 4. The summed E-state index contributed by atoms with van der Waals surface area (Å²) in [4.78, 5) is 18.3. The number of ether oxygens (including phenoxy) is 1. The average Bonchev–Trinajstić information content (AvgIpc) is 2.48. The average molecular weight is 279 g/mol. The normalized spacial score (nSPS) is 17.0. The Morgan fingerprint density at radius 2 is 2.20 bits per heavy atom. The molecule has 0 radical (unpaired) electrons. The molecule has 0 aliphatic carbocycles. The van der Waals surface area contributed by atoms with Crippen LogP contribution in [0.15, 0.2) is 12.1 Å². The third-order valence-electron chi connectivity index (χ3n) is 3.36. The van der Waals surface area contributed by atoms with Crippen molar-refractivity contribution in [3.8, 4) is 5.75 Å². The Morgan fingerprint density at radius 1 is 1.50 bits per heavy atom. The summed E-state index contributed by atoms with van der Waals surface area (Å²) in [5.74, 6) is 0.203. The van der Waals surface area contributed by atoms with Gasteiger partial charge in [0.15, 0.2) is 0 Å². The van der Waals surface area contributed by atoms with Gasteiger partial charge in [0, 0.05) is 25.3 Å². The summed E-state index contributed by atoms with van der Waals surface area (Å²) in [6, 6.07) is 3.06. The molecular weight excluding hydrogens is 258 g/mol. The van der Waals surface area contributed by atoms with Crippen molar-refractivity contribution >= 4 is 5.91 Å². The van der Waals surface area contributed by atoms with Gasteiger partial charge in [0.05, 0.1) is 24.9 Å². The van der Waals surface area contributed by atoms with E-state index >= 15 is 0 Å². The highest BCUT2D eigenvalue weighted by Gasteiger charge is 2.22. The van der Waals surface area contributed by atoms with Gasteiger partial charge in [0.25, 0.3) is 0 Å². The number of hydrogen-bond acceptors (Lipinski definition) is 5. The summed E-state index contributed by atoms with van der Waals surface area (Å²) in [6.45, 7) is 6.52. The van der Waals surface area contributed by atoms with E-state index in [1.54, 1.807) is 17.0 Å². The predicted molar refractivity (Wildman–Crippen MR) is 74.3 cm³/mol. The molecular formula is C14H21N3O3. The van der Waals surface area contributed by atoms with E-state index in [-0.39, 0.29) is 17.7 Å². The fourth-order valence-corrected chi connectivity index (χ4v) is 2.13. The lowest BCUT2D eigenvalue weighted by Gasteiger charge is -2.29. The molecule has 0 spiro atoms. The molecule has 1 aliphatic rings. The monoisotopic (exact) mass is 279 g/mol. The van der Waals surface area contributed by atoms with Crippen LogP contribution in [0.25, 0.3) is 0 Å². The summed E-state index contributed by atoms with van der Waals surface area (Å²) in [5, 5.41) is 12.8. The quantitative estimate of drug-likeness (QED) is 0.836. The summed E-state index contributed by atoms with van der Waals surface area (Å²) in [5.41, 5.74) is 1.40. The third-order valence-corrected chi connectivity index (χ3v) is 3.36. The maximum Gasteiger partial charge on any atom is 0.239 e. The minimum Gasteiger partial charge on any atom is -0.506 e. The van der Waals surface area contributed by atoms with E-state index < -0.39 is 0 Å². The minimum absolute atomic E-state index is 0.0560. The van der Waals surface area contributed by atoms with E-state index in [4.69, 9.17) is 4.74 Å². The van der Waals surface area contributed by atoms with Crippen LogP contribution >= 0.6 is 0 Å². The molecule has 6 heteroatoms. The molecule has 2 rings (SSSR count). The zero-order chi connectivity index (χ0) is 14.5. The molecule has 6 nitrogen and oxygen atoms in total. The molecule has 1 fully saturated rings. The van der Waals surface area contributed by atoms with E-state index in [0.717, 1.165) is 5.69 Å². The predicted octanol–water partition coefficient (Wildman–Crippen LogP) is 0.433. The van der Waals surface area contributed by atoms with Gasteiger partial charge >= 0.3 is 0 Å². The minimum atomic E-state index is -0.310. The number of carbonyl (C=O) groups is 1. The molecule has 1 aromatic rings. The van der Waals surface area contributed by atoms with Gasteiger partial charge in [0.2, 0.25) is 5.91 Å². The van der Waals surface area contributed by atoms with Gasteiger partial charge in [-0.2, -0.15) is 0 Å². The Hall–Kier alpha value is -1.66. The Kier molecular flexibility index (Phi) is 4.92. The van der Waals surface area contributed by atoms with Crippen LogP contribution in [0.5, 0.6) is 5.75 Å². The molecule has 0 aromatic carbocycles. The van der Waals surface area contributed by atoms with E-state index in [9.17, 15) is 9.90 Å². The van der Waals surface area contributed by atoms with Gasteiger partial charge in [-0.25, -0.2) is 0 Å². The molecule has 1 aliphatic heterocycles. The number of amides is 1. The first-order valence-electron chi connectivity index (χ1n) is 6.83. The second-order valence-electron chi connectivity index (χ2n) is 4.96. The molecule has 1 amide bonds. The third kappa shape index (κ3) is 3.68. The molecule has 1 saturated heterocycles. The van der Waals surface area contributed by atoms with Crippen molar-refractivity contribution in [1.29, 1.82) is 0 Å². The summed E-state index contributed by atoms with van der Waals surface area (Å²) >= 11 is 0. The first-order chi connectivity index (χ1) is 9.58. The molecule has 110 valence electrons. The highest BCUT2D eigenvalue weighted by atomic mass is 16.5. The van der Waals surface area contributed by atoms with Crippen LogP contribution in [0.1, 0.15) is 18.3 Å². The zero-order valence-electron chi connectivity index (χ0n) is 11.9. The SMILES string of the molecule is Cc1ccc(O)c(CNC(C)C(=O)N2CCOCC2)n1. The van der Waals surface area contributed by atoms with Crippen LogP contribution in [-0.4, -0.2) is 53.2 Å². The van der Waals surface area contributed by atoms with Crippen LogP contribution in [0.3, 0.4) is 0 Å². The molecule has 20 heavy (non-hydrogen) atoms. The van der Waals surface area contributed by atoms with Crippen molar-refractivity contribution in [1.82, 2.24) is 15.2 Å². The van der Waals surface area contributed by atoms with Gasteiger partial charge < -0.3 is 20.1 Å². The number of nitrogens with one attached hydrogen (secondary N) is 1. The number of hydrogen-bond donors (Lipinski definition) is 2. The van der Waals surface area contributed by atoms with Crippen LogP contribution in [0.2, 0.25) is 0 Å². The largest absolute Gasteiger partial charge is 0.506 e. The first-order valence-corrected chi connectivity index (χ1v) is 6.83. The second-order valence-corrected chi connectivity index (χ2v) is 4.96. The number of morpholine rings is 1. The summed E-state index contributed by atoms with van der Waals surface area (Å²) in [7, 11) is 0. The van der Waals surface area contributed by atoms with Gasteiger partial charge in [-0.15, -0.1) is 0 Å². The molecule has 2 N–H and O–H groups in total. The fourth-order valence-electron chi connectivity index (χ4n) is 2.13. The number of aromatic nitrogens is 1. The molecule has 2 heterocycles. The smallest absolute Gasteiger partial charge is 0.239 e. The van der Waals surface area contributed by atoms with Crippen LogP contribution < -0.4 is 5.32 Å².